The zero-order valence-electron chi connectivity index (χ0n) is 13.1. The number of ether oxygens (including phenoxy) is 1. The molecule has 2 rings (SSSR count). The molecular formula is C18H28O3. The van der Waals surface area contributed by atoms with Gasteiger partial charge < -0.3 is 14.9 Å². The summed E-state index contributed by atoms with van der Waals surface area (Å²) < 4.78 is 5.36. The van der Waals surface area contributed by atoms with Crippen LogP contribution < -0.4 is 0 Å². The van der Waals surface area contributed by atoms with Gasteiger partial charge in [0.15, 0.2) is 0 Å². The fourth-order valence-corrected chi connectivity index (χ4v) is 3.43. The second-order valence-corrected chi connectivity index (χ2v) is 6.44. The third kappa shape index (κ3) is 4.53. The van der Waals surface area contributed by atoms with Crippen molar-refractivity contribution in [3.05, 3.63) is 35.9 Å². The van der Waals surface area contributed by atoms with Crippen LogP contribution in [0.3, 0.4) is 0 Å². The van der Waals surface area contributed by atoms with Gasteiger partial charge in [0.05, 0.1) is 18.3 Å². The lowest BCUT2D eigenvalue weighted by molar-refractivity contribution is -0.0225. The van der Waals surface area contributed by atoms with Crippen molar-refractivity contribution in [3.8, 4) is 0 Å². The van der Waals surface area contributed by atoms with Crippen LogP contribution in [-0.4, -0.2) is 35.6 Å². The standard InChI is InChI=1S/C18H28O3/c1-13(8-10-14-6-4-3-5-7-14)9-11-15-16(19)12-17(20)18(15)21-2/h3-7,13,15-20H,8-12H2,1-2H3/t13-,15-,16+,17-,18?/m0/s1. The summed E-state index contributed by atoms with van der Waals surface area (Å²) in [5, 5.41) is 19.9. The first-order valence-electron chi connectivity index (χ1n) is 8.04. The lowest BCUT2D eigenvalue weighted by Crippen LogP contribution is -2.30. The van der Waals surface area contributed by atoms with Gasteiger partial charge in [0.2, 0.25) is 0 Å². The number of rotatable bonds is 7. The summed E-state index contributed by atoms with van der Waals surface area (Å²) in [7, 11) is 1.62. The van der Waals surface area contributed by atoms with Crippen LogP contribution in [0.4, 0.5) is 0 Å². The Hall–Kier alpha value is -0.900. The summed E-state index contributed by atoms with van der Waals surface area (Å²) in [6.45, 7) is 2.27. The molecule has 0 spiro atoms. The minimum Gasteiger partial charge on any atom is -0.393 e. The molecule has 118 valence electrons. The van der Waals surface area contributed by atoms with Gasteiger partial charge in [-0.1, -0.05) is 43.7 Å². The number of methoxy groups -OCH3 is 1. The molecule has 1 aromatic carbocycles. The number of benzene rings is 1. The zero-order chi connectivity index (χ0) is 15.2. The van der Waals surface area contributed by atoms with Gasteiger partial charge in [-0.05, 0) is 30.7 Å². The summed E-state index contributed by atoms with van der Waals surface area (Å²) in [5.74, 6) is 0.692. The predicted molar refractivity (Wildman–Crippen MR) is 84.1 cm³/mol. The van der Waals surface area contributed by atoms with E-state index in [1.807, 2.05) is 6.07 Å². The van der Waals surface area contributed by atoms with Crippen LogP contribution in [0, 0.1) is 11.8 Å². The maximum Gasteiger partial charge on any atom is 0.0883 e. The Morgan fingerprint density at radius 3 is 2.52 bits per heavy atom. The van der Waals surface area contributed by atoms with Crippen LogP contribution in [0.1, 0.15) is 38.2 Å². The van der Waals surface area contributed by atoms with E-state index in [0.29, 0.717) is 12.3 Å². The van der Waals surface area contributed by atoms with E-state index in [9.17, 15) is 10.2 Å². The van der Waals surface area contributed by atoms with Crippen molar-refractivity contribution in [2.45, 2.75) is 57.3 Å². The maximum absolute atomic E-state index is 10.0. The second-order valence-electron chi connectivity index (χ2n) is 6.44. The topological polar surface area (TPSA) is 49.7 Å². The van der Waals surface area contributed by atoms with Crippen LogP contribution >= 0.6 is 0 Å². The van der Waals surface area contributed by atoms with Crippen molar-refractivity contribution in [1.29, 1.82) is 0 Å². The molecule has 0 aliphatic heterocycles. The Morgan fingerprint density at radius 2 is 1.86 bits per heavy atom. The highest BCUT2D eigenvalue weighted by molar-refractivity contribution is 5.14. The predicted octanol–water partition coefficient (Wildman–Crippen LogP) is 2.79. The van der Waals surface area contributed by atoms with Gasteiger partial charge in [-0.15, -0.1) is 0 Å². The van der Waals surface area contributed by atoms with Crippen molar-refractivity contribution >= 4 is 0 Å². The van der Waals surface area contributed by atoms with E-state index in [1.54, 1.807) is 7.11 Å². The Bertz CT molecular complexity index is 406. The third-order valence-corrected chi connectivity index (χ3v) is 4.81. The van der Waals surface area contributed by atoms with Gasteiger partial charge in [-0.25, -0.2) is 0 Å². The van der Waals surface area contributed by atoms with Crippen molar-refractivity contribution in [2.75, 3.05) is 7.11 Å². The zero-order valence-corrected chi connectivity index (χ0v) is 13.1. The molecule has 0 saturated heterocycles. The molecule has 1 aromatic rings. The smallest absolute Gasteiger partial charge is 0.0883 e. The van der Waals surface area contributed by atoms with Crippen LogP contribution in [0.2, 0.25) is 0 Å². The highest BCUT2D eigenvalue weighted by Crippen LogP contribution is 2.33. The van der Waals surface area contributed by atoms with E-state index in [0.717, 1.165) is 25.7 Å². The van der Waals surface area contributed by atoms with E-state index in [1.165, 1.54) is 5.56 Å². The summed E-state index contributed by atoms with van der Waals surface area (Å²) in [6, 6.07) is 10.6. The Kier molecular flexibility index (Phi) is 6.22. The van der Waals surface area contributed by atoms with Crippen LogP contribution in [0.5, 0.6) is 0 Å². The summed E-state index contributed by atoms with van der Waals surface area (Å²) in [5.41, 5.74) is 1.38. The largest absolute Gasteiger partial charge is 0.393 e. The molecule has 1 aliphatic carbocycles. The van der Waals surface area contributed by atoms with Crippen LogP contribution in [0.25, 0.3) is 0 Å². The minimum atomic E-state index is -0.519. The number of aliphatic hydroxyl groups is 2. The average molecular weight is 292 g/mol. The Balaban J connectivity index is 1.74. The fourth-order valence-electron chi connectivity index (χ4n) is 3.43. The molecule has 3 heteroatoms. The van der Waals surface area contributed by atoms with E-state index in [4.69, 9.17) is 4.74 Å². The molecule has 1 aliphatic rings. The summed E-state index contributed by atoms with van der Waals surface area (Å²) >= 11 is 0. The molecule has 1 saturated carbocycles. The molecule has 0 amide bonds. The minimum absolute atomic E-state index is 0.0733. The van der Waals surface area contributed by atoms with Gasteiger partial charge in [0.1, 0.15) is 0 Å². The first-order chi connectivity index (χ1) is 10.1. The Labute approximate surface area is 128 Å². The van der Waals surface area contributed by atoms with E-state index >= 15 is 0 Å². The average Bonchev–Trinajstić information content (AvgIpc) is 2.77. The van der Waals surface area contributed by atoms with Gasteiger partial charge in [0.25, 0.3) is 0 Å². The molecule has 2 N–H and O–H groups in total. The second kappa shape index (κ2) is 7.92. The molecule has 0 heterocycles. The van der Waals surface area contributed by atoms with Crippen molar-refractivity contribution in [3.63, 3.8) is 0 Å². The first-order valence-corrected chi connectivity index (χ1v) is 8.04. The summed E-state index contributed by atoms with van der Waals surface area (Å²) in [4.78, 5) is 0. The highest BCUT2D eigenvalue weighted by atomic mass is 16.5. The van der Waals surface area contributed by atoms with Crippen molar-refractivity contribution in [1.82, 2.24) is 0 Å². The fraction of sp³-hybridized carbons (Fsp3) is 0.667. The lowest BCUT2D eigenvalue weighted by Gasteiger charge is -2.23. The number of hydrogen-bond acceptors (Lipinski definition) is 3. The molecule has 3 nitrogen and oxygen atoms in total. The van der Waals surface area contributed by atoms with Crippen LogP contribution in [0.15, 0.2) is 30.3 Å². The molecule has 1 fully saturated rings. The highest BCUT2D eigenvalue weighted by Gasteiger charge is 2.41. The van der Waals surface area contributed by atoms with E-state index in [2.05, 4.69) is 31.2 Å². The SMILES string of the molecule is COC1[C@@H](CC[C@@H](C)CCc2ccccc2)[C@H](O)C[C@@H]1O. The number of aliphatic hydroxyl groups excluding tert-OH is 2. The van der Waals surface area contributed by atoms with Crippen molar-refractivity contribution < 1.29 is 14.9 Å². The Morgan fingerprint density at radius 1 is 1.14 bits per heavy atom. The number of hydrogen-bond donors (Lipinski definition) is 2. The maximum atomic E-state index is 10.0. The molecular weight excluding hydrogens is 264 g/mol. The monoisotopic (exact) mass is 292 g/mol. The lowest BCUT2D eigenvalue weighted by atomic mass is 9.90. The van der Waals surface area contributed by atoms with Gasteiger partial charge in [-0.2, -0.15) is 0 Å². The van der Waals surface area contributed by atoms with Crippen LogP contribution in [-0.2, 0) is 11.2 Å². The molecule has 1 unspecified atom stereocenters. The molecule has 0 aromatic heterocycles. The van der Waals surface area contributed by atoms with Gasteiger partial charge >= 0.3 is 0 Å². The first kappa shape index (κ1) is 16.5. The van der Waals surface area contributed by atoms with Gasteiger partial charge in [0, 0.05) is 19.4 Å². The molecule has 21 heavy (non-hydrogen) atoms. The molecule has 0 radical (unpaired) electrons. The van der Waals surface area contributed by atoms with E-state index in [-0.39, 0.29) is 12.0 Å². The molecule has 5 atom stereocenters. The molecule has 0 bridgehead atoms. The van der Waals surface area contributed by atoms with Gasteiger partial charge in [-0.3, -0.25) is 0 Å². The third-order valence-electron chi connectivity index (χ3n) is 4.81. The van der Waals surface area contributed by atoms with E-state index < -0.39 is 12.2 Å². The summed E-state index contributed by atoms with van der Waals surface area (Å²) in [6.07, 6.45) is 3.55. The quantitative estimate of drug-likeness (QED) is 0.812. The number of aryl methyl sites for hydroxylation is 1. The normalized spacial score (nSPS) is 30.5. The van der Waals surface area contributed by atoms with Crippen molar-refractivity contribution in [2.24, 2.45) is 11.8 Å².